The molecule has 2 aliphatic rings. The maximum atomic E-state index is 13.5. The van der Waals surface area contributed by atoms with Crippen molar-refractivity contribution in [2.45, 2.75) is 39.1 Å². The van der Waals surface area contributed by atoms with Crippen LogP contribution in [0.15, 0.2) is 48.5 Å². The molecule has 0 bridgehead atoms. The van der Waals surface area contributed by atoms with Crippen molar-refractivity contribution in [1.29, 1.82) is 0 Å². The first kappa shape index (κ1) is 25.4. The number of rotatable bonds is 6. The molecule has 0 unspecified atom stereocenters. The number of likely N-dealkylation sites (N-methyl/N-ethyl adjacent to an activating group) is 1. The first-order valence-electron chi connectivity index (χ1n) is 11.9. The van der Waals surface area contributed by atoms with E-state index in [0.29, 0.717) is 6.54 Å². The van der Waals surface area contributed by atoms with E-state index in [0.717, 1.165) is 16.9 Å². The number of hydrazine groups is 1. The van der Waals surface area contributed by atoms with Crippen LogP contribution in [0.5, 0.6) is 5.75 Å². The van der Waals surface area contributed by atoms with Gasteiger partial charge in [-0.1, -0.05) is 38.1 Å². The van der Waals surface area contributed by atoms with E-state index in [1.165, 1.54) is 17.1 Å². The highest BCUT2D eigenvalue weighted by molar-refractivity contribution is 5.91. The highest BCUT2D eigenvalue weighted by Gasteiger charge is 2.51. The first-order valence-corrected chi connectivity index (χ1v) is 11.9. The van der Waals surface area contributed by atoms with E-state index in [1.807, 2.05) is 38.1 Å². The summed E-state index contributed by atoms with van der Waals surface area (Å²) in [5.74, 6) is -0.102. The Kier molecular flexibility index (Phi) is 7.44. The van der Waals surface area contributed by atoms with Gasteiger partial charge in [0.2, 0.25) is 11.8 Å². The number of nitrogens with one attached hydrogen (secondary N) is 1. The normalized spacial score (nSPS) is 20.6. The molecule has 2 saturated heterocycles. The van der Waals surface area contributed by atoms with Crippen LogP contribution in [0.25, 0.3) is 0 Å². The topological polar surface area (TPSA) is 85.4 Å². The van der Waals surface area contributed by atoms with E-state index in [4.69, 9.17) is 4.74 Å². The standard InChI is InChI=1S/C26H32FN5O4/c1-17(2)24-25(34)30(14-19-7-11-21(36-4)12-8-19)15-22-31(24)23(33)16-29(3)32(22)26(35)28-13-18-5-9-20(27)10-6-18/h5-12,17,22,24H,13-16H2,1-4H3,(H,28,35)/t22-,24-/m0/s1. The number of urea groups is 1. The van der Waals surface area contributed by atoms with Gasteiger partial charge in [0.1, 0.15) is 23.8 Å². The zero-order valence-electron chi connectivity index (χ0n) is 21.0. The fourth-order valence-electron chi connectivity index (χ4n) is 4.82. The minimum Gasteiger partial charge on any atom is -0.497 e. The van der Waals surface area contributed by atoms with Crippen LogP contribution in [0.3, 0.4) is 0 Å². The summed E-state index contributed by atoms with van der Waals surface area (Å²) >= 11 is 0. The molecule has 2 fully saturated rings. The Labute approximate surface area is 210 Å². The summed E-state index contributed by atoms with van der Waals surface area (Å²) in [4.78, 5) is 43.3. The third-order valence-electron chi connectivity index (χ3n) is 6.60. The van der Waals surface area contributed by atoms with Gasteiger partial charge in [-0.3, -0.25) is 9.59 Å². The second-order valence-corrected chi connectivity index (χ2v) is 9.48. The number of nitrogens with zero attached hydrogens (tertiary/aromatic N) is 4. The molecule has 0 aliphatic carbocycles. The van der Waals surface area contributed by atoms with E-state index < -0.39 is 18.2 Å². The van der Waals surface area contributed by atoms with Crippen LogP contribution < -0.4 is 10.1 Å². The maximum Gasteiger partial charge on any atom is 0.334 e. The summed E-state index contributed by atoms with van der Waals surface area (Å²) in [6, 6.07) is 12.3. The van der Waals surface area contributed by atoms with Gasteiger partial charge in [-0.25, -0.2) is 19.2 Å². The van der Waals surface area contributed by atoms with Gasteiger partial charge in [-0.15, -0.1) is 0 Å². The fourth-order valence-corrected chi connectivity index (χ4v) is 4.82. The molecule has 0 saturated carbocycles. The van der Waals surface area contributed by atoms with E-state index in [2.05, 4.69) is 5.32 Å². The van der Waals surface area contributed by atoms with Crippen LogP contribution in [0.2, 0.25) is 0 Å². The van der Waals surface area contributed by atoms with Crippen molar-refractivity contribution in [3.05, 3.63) is 65.5 Å². The Bertz CT molecular complexity index is 1110. The van der Waals surface area contributed by atoms with Crippen molar-refractivity contribution < 1.29 is 23.5 Å². The van der Waals surface area contributed by atoms with Crippen LogP contribution in [0, 0.1) is 11.7 Å². The largest absolute Gasteiger partial charge is 0.497 e. The van der Waals surface area contributed by atoms with Crippen molar-refractivity contribution in [2.75, 3.05) is 27.2 Å². The maximum absolute atomic E-state index is 13.5. The summed E-state index contributed by atoms with van der Waals surface area (Å²) in [7, 11) is 3.28. The second kappa shape index (κ2) is 10.5. The summed E-state index contributed by atoms with van der Waals surface area (Å²) in [5, 5.41) is 5.96. The van der Waals surface area contributed by atoms with E-state index in [-0.39, 0.29) is 43.2 Å². The van der Waals surface area contributed by atoms with Crippen LogP contribution in [0.1, 0.15) is 25.0 Å². The molecule has 2 heterocycles. The Hall–Kier alpha value is -3.66. The van der Waals surface area contributed by atoms with Crippen LogP contribution in [-0.2, 0) is 22.7 Å². The number of benzene rings is 2. The van der Waals surface area contributed by atoms with Crippen LogP contribution in [0.4, 0.5) is 9.18 Å². The van der Waals surface area contributed by atoms with Crippen molar-refractivity contribution in [3.63, 3.8) is 0 Å². The highest BCUT2D eigenvalue weighted by Crippen LogP contribution is 2.30. The van der Waals surface area contributed by atoms with Gasteiger partial charge < -0.3 is 19.9 Å². The van der Waals surface area contributed by atoms with Crippen molar-refractivity contribution in [1.82, 2.24) is 25.1 Å². The molecule has 4 rings (SSSR count). The first-order chi connectivity index (χ1) is 17.2. The monoisotopic (exact) mass is 497 g/mol. The summed E-state index contributed by atoms with van der Waals surface area (Å²) in [5.41, 5.74) is 1.67. The van der Waals surface area contributed by atoms with Gasteiger partial charge >= 0.3 is 6.03 Å². The van der Waals surface area contributed by atoms with E-state index in [9.17, 15) is 18.8 Å². The SMILES string of the molecule is COc1ccc(CN2C[C@H]3N(C(=O)CN(C)N3C(=O)NCc3ccc(F)cc3)[C@@H](C(C)C)C2=O)cc1. The van der Waals surface area contributed by atoms with Gasteiger partial charge in [0.15, 0.2) is 0 Å². The zero-order valence-corrected chi connectivity index (χ0v) is 21.0. The lowest BCUT2D eigenvalue weighted by molar-refractivity contribution is -0.190. The van der Waals surface area contributed by atoms with Crippen molar-refractivity contribution >= 4 is 17.8 Å². The molecule has 2 atom stereocenters. The molecule has 1 N–H and O–H groups in total. The molecule has 2 aliphatic heterocycles. The van der Waals surface area contributed by atoms with Crippen LogP contribution >= 0.6 is 0 Å². The van der Waals surface area contributed by atoms with E-state index in [1.54, 1.807) is 41.1 Å². The van der Waals surface area contributed by atoms with Gasteiger partial charge in [-0.2, -0.15) is 0 Å². The molecule has 4 amide bonds. The third kappa shape index (κ3) is 5.13. The summed E-state index contributed by atoms with van der Waals surface area (Å²) < 4.78 is 18.5. The lowest BCUT2D eigenvalue weighted by Gasteiger charge is -2.55. The number of hydrogen-bond donors (Lipinski definition) is 1. The van der Waals surface area contributed by atoms with Crippen molar-refractivity contribution in [2.24, 2.45) is 5.92 Å². The predicted molar refractivity (Wildman–Crippen MR) is 131 cm³/mol. The summed E-state index contributed by atoms with van der Waals surface area (Å²) in [6.45, 7) is 4.51. The molecule has 0 radical (unpaired) electrons. The number of piperazine rings is 1. The van der Waals surface area contributed by atoms with Gasteiger partial charge in [0, 0.05) is 20.1 Å². The Morgan fingerprint density at radius 1 is 1.08 bits per heavy atom. The van der Waals surface area contributed by atoms with E-state index >= 15 is 0 Å². The number of halogens is 1. The minimum atomic E-state index is -0.685. The molecule has 10 heteroatoms. The number of fused-ring (bicyclic) bond motifs is 1. The zero-order chi connectivity index (χ0) is 26.0. The Morgan fingerprint density at radius 2 is 1.72 bits per heavy atom. The quantitative estimate of drug-likeness (QED) is 0.663. The number of amides is 4. The Morgan fingerprint density at radius 3 is 2.33 bits per heavy atom. The number of carbonyl (C=O) groups is 3. The molecule has 36 heavy (non-hydrogen) atoms. The van der Waals surface area contributed by atoms with Crippen molar-refractivity contribution in [3.8, 4) is 5.75 Å². The predicted octanol–water partition coefficient (Wildman–Crippen LogP) is 2.43. The highest BCUT2D eigenvalue weighted by atomic mass is 19.1. The molecule has 0 aromatic heterocycles. The van der Waals surface area contributed by atoms with Crippen LogP contribution in [-0.4, -0.2) is 77.1 Å². The number of ether oxygens (including phenoxy) is 1. The molecular formula is C26H32FN5O4. The molecule has 9 nitrogen and oxygen atoms in total. The summed E-state index contributed by atoms with van der Waals surface area (Å²) in [6.07, 6.45) is -0.659. The minimum absolute atomic E-state index is 0.0184. The second-order valence-electron chi connectivity index (χ2n) is 9.48. The smallest absolute Gasteiger partial charge is 0.334 e. The van der Waals surface area contributed by atoms with Gasteiger partial charge in [0.25, 0.3) is 0 Å². The number of hydrogen-bond acceptors (Lipinski definition) is 5. The molecule has 0 spiro atoms. The number of methoxy groups -OCH3 is 1. The third-order valence-corrected chi connectivity index (χ3v) is 6.60. The average Bonchev–Trinajstić information content (AvgIpc) is 2.84. The molecule has 192 valence electrons. The number of carbonyl (C=O) groups excluding carboxylic acids is 3. The molecule has 2 aromatic carbocycles. The molecule has 2 aromatic rings. The van der Waals surface area contributed by atoms with Gasteiger partial charge in [0.05, 0.1) is 20.2 Å². The lowest BCUT2D eigenvalue weighted by atomic mass is 9.96. The fraction of sp³-hybridized carbons (Fsp3) is 0.423. The van der Waals surface area contributed by atoms with Gasteiger partial charge in [-0.05, 0) is 41.3 Å². The Balaban J connectivity index is 1.58. The molecular weight excluding hydrogens is 465 g/mol. The lowest BCUT2D eigenvalue weighted by Crippen LogP contribution is -2.76. The average molecular weight is 498 g/mol.